The van der Waals surface area contributed by atoms with Crippen LogP contribution in [0.15, 0.2) is 23.3 Å². The molecule has 1 aliphatic rings. The van der Waals surface area contributed by atoms with Crippen LogP contribution >= 0.6 is 0 Å². The number of nitrogens with one attached hydrogen (secondary N) is 1. The van der Waals surface area contributed by atoms with Gasteiger partial charge in [0.25, 0.3) is 5.91 Å². The molecule has 1 aliphatic heterocycles. The van der Waals surface area contributed by atoms with Crippen molar-refractivity contribution in [1.29, 1.82) is 0 Å². The fourth-order valence-electron chi connectivity index (χ4n) is 2.34. The molecule has 1 saturated heterocycles. The van der Waals surface area contributed by atoms with Gasteiger partial charge in [0.05, 0.1) is 13.0 Å². The van der Waals surface area contributed by atoms with Gasteiger partial charge in [-0.1, -0.05) is 6.92 Å². The summed E-state index contributed by atoms with van der Waals surface area (Å²) >= 11 is 0. The van der Waals surface area contributed by atoms with Gasteiger partial charge in [0, 0.05) is 31.5 Å². The number of likely N-dealkylation sites (tertiary alicyclic amines) is 1. The highest BCUT2D eigenvalue weighted by Gasteiger charge is 2.38. The van der Waals surface area contributed by atoms with Crippen molar-refractivity contribution in [2.24, 2.45) is 11.8 Å². The Bertz CT molecular complexity index is 552. The second-order valence-electron chi connectivity index (χ2n) is 4.74. The number of ether oxygens (including phenoxy) is 1. The summed E-state index contributed by atoms with van der Waals surface area (Å²) in [5.41, 5.74) is -0.224. The van der Waals surface area contributed by atoms with Crippen molar-refractivity contribution in [3.05, 3.63) is 34.2 Å². The third kappa shape index (κ3) is 2.52. The van der Waals surface area contributed by atoms with Crippen LogP contribution in [0.25, 0.3) is 0 Å². The average Bonchev–Trinajstić information content (AvgIpc) is 2.80. The lowest BCUT2D eigenvalue weighted by Gasteiger charge is -2.15. The molecule has 1 amide bonds. The van der Waals surface area contributed by atoms with E-state index < -0.39 is 0 Å². The molecule has 1 aromatic heterocycles. The number of aromatic amines is 1. The highest BCUT2D eigenvalue weighted by Crippen LogP contribution is 2.24. The maximum Gasteiger partial charge on any atom is 0.310 e. The molecule has 2 atom stereocenters. The molecule has 0 spiro atoms. The number of hydrogen-bond acceptors (Lipinski definition) is 4. The van der Waals surface area contributed by atoms with Crippen molar-refractivity contribution in [3.8, 4) is 0 Å². The van der Waals surface area contributed by atoms with E-state index in [0.29, 0.717) is 13.1 Å². The quantitative estimate of drug-likeness (QED) is 0.777. The number of nitrogens with zero attached hydrogens (tertiary/aromatic N) is 1. The van der Waals surface area contributed by atoms with E-state index in [-0.39, 0.29) is 34.7 Å². The van der Waals surface area contributed by atoms with Crippen molar-refractivity contribution in [2.75, 3.05) is 20.2 Å². The van der Waals surface area contributed by atoms with E-state index in [1.165, 1.54) is 30.5 Å². The maximum absolute atomic E-state index is 12.2. The van der Waals surface area contributed by atoms with Gasteiger partial charge in [0.2, 0.25) is 0 Å². The number of methoxy groups -OCH3 is 1. The molecule has 2 heterocycles. The third-order valence-electron chi connectivity index (χ3n) is 3.46. The molecule has 0 bridgehead atoms. The zero-order chi connectivity index (χ0) is 14.0. The Morgan fingerprint density at radius 2 is 2.16 bits per heavy atom. The minimum absolute atomic E-state index is 0.0270. The molecule has 6 heteroatoms. The summed E-state index contributed by atoms with van der Waals surface area (Å²) in [6.45, 7) is 2.64. The number of esters is 1. The predicted molar refractivity (Wildman–Crippen MR) is 67.6 cm³/mol. The lowest BCUT2D eigenvalue weighted by atomic mass is 9.99. The van der Waals surface area contributed by atoms with Crippen LogP contribution in [0.2, 0.25) is 0 Å². The Balaban J connectivity index is 2.17. The highest BCUT2D eigenvalue weighted by molar-refractivity contribution is 5.94. The SMILES string of the molecule is COC(=O)C1CN(C(=O)c2c[nH]ccc2=O)CC1C. The van der Waals surface area contributed by atoms with Crippen LogP contribution in [0.4, 0.5) is 0 Å². The molecule has 1 aromatic rings. The summed E-state index contributed by atoms with van der Waals surface area (Å²) in [6, 6.07) is 1.31. The van der Waals surface area contributed by atoms with Crippen LogP contribution in [-0.4, -0.2) is 42.0 Å². The van der Waals surface area contributed by atoms with Gasteiger partial charge in [-0.15, -0.1) is 0 Å². The summed E-state index contributed by atoms with van der Waals surface area (Å²) < 4.78 is 4.72. The topological polar surface area (TPSA) is 79.5 Å². The van der Waals surface area contributed by atoms with Crippen LogP contribution < -0.4 is 5.43 Å². The minimum atomic E-state index is -0.347. The molecule has 6 nitrogen and oxygen atoms in total. The molecule has 0 aromatic carbocycles. The van der Waals surface area contributed by atoms with E-state index in [1.54, 1.807) is 0 Å². The smallest absolute Gasteiger partial charge is 0.310 e. The van der Waals surface area contributed by atoms with Gasteiger partial charge in [-0.05, 0) is 5.92 Å². The van der Waals surface area contributed by atoms with Crippen molar-refractivity contribution >= 4 is 11.9 Å². The first kappa shape index (κ1) is 13.3. The van der Waals surface area contributed by atoms with Gasteiger partial charge in [-0.25, -0.2) is 0 Å². The van der Waals surface area contributed by atoms with E-state index in [1.807, 2.05) is 6.92 Å². The van der Waals surface area contributed by atoms with Crippen molar-refractivity contribution < 1.29 is 14.3 Å². The van der Waals surface area contributed by atoms with E-state index in [4.69, 9.17) is 4.74 Å². The normalized spacial score (nSPS) is 22.3. The molecule has 1 fully saturated rings. The molecular weight excluding hydrogens is 248 g/mol. The van der Waals surface area contributed by atoms with Crippen molar-refractivity contribution in [1.82, 2.24) is 9.88 Å². The number of aromatic nitrogens is 1. The maximum atomic E-state index is 12.2. The van der Waals surface area contributed by atoms with Crippen LogP contribution in [-0.2, 0) is 9.53 Å². The molecule has 2 unspecified atom stereocenters. The van der Waals surface area contributed by atoms with Crippen molar-refractivity contribution in [2.45, 2.75) is 6.92 Å². The van der Waals surface area contributed by atoms with Gasteiger partial charge in [0.1, 0.15) is 5.56 Å². The first-order chi connectivity index (χ1) is 9.04. The fourth-order valence-corrected chi connectivity index (χ4v) is 2.34. The summed E-state index contributed by atoms with van der Waals surface area (Å²) in [5.74, 6) is -0.958. The molecule has 102 valence electrons. The Morgan fingerprint density at radius 1 is 1.42 bits per heavy atom. The standard InChI is InChI=1S/C13H16N2O4/c1-8-6-15(7-10(8)13(18)19-2)12(17)9-5-14-4-3-11(9)16/h3-5,8,10H,6-7H2,1-2H3,(H,14,16). The minimum Gasteiger partial charge on any atom is -0.469 e. The second-order valence-corrected chi connectivity index (χ2v) is 4.74. The van der Waals surface area contributed by atoms with Crippen LogP contribution in [0.5, 0.6) is 0 Å². The number of hydrogen-bond donors (Lipinski definition) is 1. The zero-order valence-electron chi connectivity index (χ0n) is 10.9. The zero-order valence-corrected chi connectivity index (χ0v) is 10.9. The number of amides is 1. The van der Waals surface area contributed by atoms with Crippen LogP contribution in [0, 0.1) is 11.8 Å². The Morgan fingerprint density at radius 3 is 2.79 bits per heavy atom. The summed E-state index contributed by atoms with van der Waals surface area (Å²) in [4.78, 5) is 39.7. The molecule has 0 saturated carbocycles. The molecule has 0 aliphatic carbocycles. The number of carbonyl (C=O) groups excluding carboxylic acids is 2. The Kier molecular flexibility index (Phi) is 3.69. The fraction of sp³-hybridized carbons (Fsp3) is 0.462. The average molecular weight is 264 g/mol. The number of H-pyrrole nitrogens is 1. The first-order valence-corrected chi connectivity index (χ1v) is 6.08. The van der Waals surface area contributed by atoms with Gasteiger partial charge < -0.3 is 14.6 Å². The summed E-state index contributed by atoms with van der Waals surface area (Å²) in [5, 5.41) is 0. The lowest BCUT2D eigenvalue weighted by Crippen LogP contribution is -2.33. The first-order valence-electron chi connectivity index (χ1n) is 6.08. The van der Waals surface area contributed by atoms with E-state index in [9.17, 15) is 14.4 Å². The molecule has 2 rings (SSSR count). The monoisotopic (exact) mass is 264 g/mol. The van der Waals surface area contributed by atoms with E-state index >= 15 is 0 Å². The van der Waals surface area contributed by atoms with Crippen LogP contribution in [0.1, 0.15) is 17.3 Å². The van der Waals surface area contributed by atoms with Crippen molar-refractivity contribution in [3.63, 3.8) is 0 Å². The predicted octanol–water partition coefficient (Wildman–Crippen LogP) is 0.256. The van der Waals surface area contributed by atoms with E-state index in [0.717, 1.165) is 0 Å². The molecule has 19 heavy (non-hydrogen) atoms. The Hall–Kier alpha value is -2.11. The molecule has 0 radical (unpaired) electrons. The molecule has 1 N–H and O–H groups in total. The van der Waals surface area contributed by atoms with Gasteiger partial charge in [-0.3, -0.25) is 14.4 Å². The number of rotatable bonds is 2. The highest BCUT2D eigenvalue weighted by atomic mass is 16.5. The van der Waals surface area contributed by atoms with Gasteiger partial charge in [0.15, 0.2) is 5.43 Å². The third-order valence-corrected chi connectivity index (χ3v) is 3.46. The molecular formula is C13H16N2O4. The second kappa shape index (κ2) is 5.26. The van der Waals surface area contributed by atoms with Gasteiger partial charge in [-0.2, -0.15) is 0 Å². The van der Waals surface area contributed by atoms with Gasteiger partial charge >= 0.3 is 5.97 Å². The largest absolute Gasteiger partial charge is 0.469 e. The van der Waals surface area contributed by atoms with E-state index in [2.05, 4.69) is 4.98 Å². The number of pyridine rings is 1. The van der Waals surface area contributed by atoms with Crippen LogP contribution in [0.3, 0.4) is 0 Å². The summed E-state index contributed by atoms with van der Waals surface area (Å²) in [6.07, 6.45) is 2.86. The summed E-state index contributed by atoms with van der Waals surface area (Å²) in [7, 11) is 1.33. The lowest BCUT2D eigenvalue weighted by molar-refractivity contribution is -0.146. The Labute approximate surface area is 110 Å². The number of carbonyl (C=O) groups is 2.